The molecule has 0 saturated heterocycles. The molecule has 2 aromatic carbocycles. The van der Waals surface area contributed by atoms with Gasteiger partial charge in [0.1, 0.15) is 11.2 Å². The summed E-state index contributed by atoms with van der Waals surface area (Å²) in [6, 6.07) is 9.89. The molecule has 3 aromatic heterocycles. The Bertz CT molecular complexity index is 1620. The molecule has 0 radical (unpaired) electrons. The van der Waals surface area contributed by atoms with Crippen LogP contribution in [0.5, 0.6) is 0 Å². The highest BCUT2D eigenvalue weighted by molar-refractivity contribution is 6.05. The number of aromatic nitrogens is 6. The van der Waals surface area contributed by atoms with Crippen LogP contribution in [0.2, 0.25) is 0 Å². The van der Waals surface area contributed by atoms with Crippen molar-refractivity contribution < 1.29 is 4.79 Å². The van der Waals surface area contributed by atoms with Gasteiger partial charge < -0.3 is 20.5 Å². The Morgan fingerprint density at radius 1 is 1.13 bits per heavy atom. The number of benzene rings is 2. The fraction of sp³-hybridized carbons (Fsp3) is 0.321. The van der Waals surface area contributed by atoms with E-state index in [0.717, 1.165) is 69.6 Å². The van der Waals surface area contributed by atoms with E-state index >= 15 is 0 Å². The molecule has 0 saturated carbocycles. The van der Waals surface area contributed by atoms with Gasteiger partial charge in [-0.1, -0.05) is 11.6 Å². The van der Waals surface area contributed by atoms with Gasteiger partial charge in [-0.15, -0.1) is 0 Å². The van der Waals surface area contributed by atoms with E-state index in [4.69, 9.17) is 9.97 Å². The van der Waals surface area contributed by atoms with Crippen molar-refractivity contribution in [3.8, 4) is 11.4 Å². The lowest BCUT2D eigenvalue weighted by Gasteiger charge is -2.18. The number of nitrogens with zero attached hydrogens (tertiary/aromatic N) is 6. The molecule has 0 aliphatic carbocycles. The fourth-order valence-corrected chi connectivity index (χ4v) is 4.64. The average molecular weight is 512 g/mol. The number of nitrogens with one attached hydrogen (secondary N) is 3. The molecular weight excluding hydrogens is 478 g/mol. The summed E-state index contributed by atoms with van der Waals surface area (Å²) in [5.41, 5.74) is 7.62. The maximum absolute atomic E-state index is 13.8. The predicted molar refractivity (Wildman–Crippen MR) is 150 cm³/mol. The number of fused-ring (bicyclic) bond motifs is 2. The van der Waals surface area contributed by atoms with Crippen LogP contribution in [0.3, 0.4) is 0 Å². The van der Waals surface area contributed by atoms with Gasteiger partial charge in [0.05, 0.1) is 29.2 Å². The minimum Gasteiger partial charge on any atom is -0.382 e. The first-order valence-corrected chi connectivity index (χ1v) is 12.8. The third kappa shape index (κ3) is 4.82. The Morgan fingerprint density at radius 2 is 1.97 bits per heavy atom. The number of aryl methyl sites for hydroxylation is 2. The number of carbonyl (C=O) groups excluding carboxylic acids is 1. The number of hydrogen-bond acceptors (Lipinski definition) is 7. The highest BCUT2D eigenvalue weighted by atomic mass is 16.2. The van der Waals surface area contributed by atoms with E-state index in [1.807, 2.05) is 62.1 Å². The van der Waals surface area contributed by atoms with Crippen molar-refractivity contribution in [3.63, 3.8) is 0 Å². The first-order valence-electron chi connectivity index (χ1n) is 12.8. The van der Waals surface area contributed by atoms with Crippen molar-refractivity contribution >= 4 is 33.5 Å². The van der Waals surface area contributed by atoms with Gasteiger partial charge in [-0.25, -0.2) is 15.0 Å². The number of imidazole rings is 1. The summed E-state index contributed by atoms with van der Waals surface area (Å²) in [6.07, 6.45) is 3.51. The quantitative estimate of drug-likeness (QED) is 0.257. The number of H-pyrrole nitrogens is 1. The van der Waals surface area contributed by atoms with E-state index in [0.29, 0.717) is 18.1 Å². The van der Waals surface area contributed by atoms with E-state index in [9.17, 15) is 4.79 Å². The Kier molecular flexibility index (Phi) is 7.06. The van der Waals surface area contributed by atoms with Crippen LogP contribution in [0.15, 0.2) is 42.9 Å². The highest BCUT2D eigenvalue weighted by Gasteiger charge is 2.22. The minimum atomic E-state index is -0.164. The predicted octanol–water partition coefficient (Wildman–Crippen LogP) is 3.91. The van der Waals surface area contributed by atoms with Gasteiger partial charge in [0.15, 0.2) is 5.82 Å². The van der Waals surface area contributed by atoms with E-state index in [2.05, 4.69) is 32.6 Å². The van der Waals surface area contributed by atoms with Crippen molar-refractivity contribution in [1.82, 2.24) is 39.9 Å². The summed E-state index contributed by atoms with van der Waals surface area (Å²) >= 11 is 0. The SMILES string of the molecule is CCn1ncc(CN(C)C(=O)c2nc(-c3cc(NCCNC)c4nc[nH]c4c3)nc3ccc(C)cc23)c1C. The van der Waals surface area contributed by atoms with Gasteiger partial charge >= 0.3 is 0 Å². The third-order valence-electron chi connectivity index (χ3n) is 6.78. The molecule has 196 valence electrons. The average Bonchev–Trinajstić information content (AvgIpc) is 3.54. The van der Waals surface area contributed by atoms with E-state index in [1.54, 1.807) is 18.3 Å². The van der Waals surface area contributed by atoms with Gasteiger partial charge in [-0.3, -0.25) is 9.48 Å². The number of carbonyl (C=O) groups is 1. The molecule has 5 rings (SSSR count). The molecule has 0 bridgehead atoms. The summed E-state index contributed by atoms with van der Waals surface area (Å²) < 4.78 is 1.93. The van der Waals surface area contributed by atoms with Gasteiger partial charge in [-0.2, -0.15) is 5.10 Å². The molecule has 10 heteroatoms. The van der Waals surface area contributed by atoms with Gasteiger partial charge in [-0.05, 0) is 52.1 Å². The molecule has 0 unspecified atom stereocenters. The van der Waals surface area contributed by atoms with Crippen LogP contribution < -0.4 is 10.6 Å². The largest absolute Gasteiger partial charge is 0.382 e. The number of amides is 1. The van der Waals surface area contributed by atoms with Gasteiger partial charge in [0.25, 0.3) is 5.91 Å². The number of rotatable bonds is 9. The molecule has 0 spiro atoms. The zero-order valence-electron chi connectivity index (χ0n) is 22.5. The summed E-state index contributed by atoms with van der Waals surface area (Å²) in [7, 11) is 3.72. The van der Waals surface area contributed by atoms with E-state index < -0.39 is 0 Å². The van der Waals surface area contributed by atoms with E-state index in [1.165, 1.54) is 0 Å². The monoisotopic (exact) mass is 511 g/mol. The number of likely N-dealkylation sites (N-methyl/N-ethyl adjacent to an activating group) is 1. The second-order valence-electron chi connectivity index (χ2n) is 9.50. The standard InChI is InChI=1S/C28H33N9O/c1-6-37-18(3)20(14-33-37)15-36(5)28(38)25-21-11-17(2)7-8-22(21)34-27(35-25)19-12-23(30-10-9-29-4)26-24(13-19)31-16-32-26/h7-8,11-14,16,29-30H,6,9-10,15H2,1-5H3,(H,31,32). The van der Waals surface area contributed by atoms with Crippen molar-refractivity contribution in [2.45, 2.75) is 33.9 Å². The van der Waals surface area contributed by atoms with E-state index in [-0.39, 0.29) is 5.91 Å². The smallest absolute Gasteiger partial charge is 0.273 e. The summed E-state index contributed by atoms with van der Waals surface area (Å²) in [6.45, 7) is 8.86. The lowest BCUT2D eigenvalue weighted by atomic mass is 10.1. The molecule has 3 N–H and O–H groups in total. The molecule has 0 aliphatic heterocycles. The fourth-order valence-electron chi connectivity index (χ4n) is 4.64. The van der Waals surface area contributed by atoms with Crippen molar-refractivity contribution in [1.29, 1.82) is 0 Å². The van der Waals surface area contributed by atoms with Crippen LogP contribution in [-0.2, 0) is 13.1 Å². The van der Waals surface area contributed by atoms with Crippen LogP contribution in [0.25, 0.3) is 33.3 Å². The van der Waals surface area contributed by atoms with Crippen LogP contribution in [0.4, 0.5) is 5.69 Å². The molecule has 0 fully saturated rings. The lowest BCUT2D eigenvalue weighted by Crippen LogP contribution is -2.28. The maximum Gasteiger partial charge on any atom is 0.273 e. The molecule has 1 amide bonds. The summed E-state index contributed by atoms with van der Waals surface area (Å²) in [5.74, 6) is 0.323. The zero-order chi connectivity index (χ0) is 26.8. The topological polar surface area (TPSA) is 117 Å². The second-order valence-corrected chi connectivity index (χ2v) is 9.50. The van der Waals surface area contributed by atoms with Crippen LogP contribution >= 0.6 is 0 Å². The third-order valence-corrected chi connectivity index (χ3v) is 6.78. The zero-order valence-corrected chi connectivity index (χ0v) is 22.5. The normalized spacial score (nSPS) is 11.4. The lowest BCUT2D eigenvalue weighted by molar-refractivity contribution is 0.0781. The van der Waals surface area contributed by atoms with Crippen molar-refractivity contribution in [2.24, 2.45) is 0 Å². The first kappa shape index (κ1) is 25.3. The molecule has 0 aliphatic rings. The van der Waals surface area contributed by atoms with Gasteiger partial charge in [0.2, 0.25) is 0 Å². The molecule has 3 heterocycles. The Labute approximate surface area is 221 Å². The first-order chi connectivity index (χ1) is 18.4. The number of aromatic amines is 1. The Morgan fingerprint density at radius 3 is 2.74 bits per heavy atom. The summed E-state index contributed by atoms with van der Waals surface area (Å²) in [4.78, 5) is 32.9. The molecular formula is C28H33N9O. The molecule has 0 atom stereocenters. The minimum absolute atomic E-state index is 0.164. The second kappa shape index (κ2) is 10.6. The molecule has 38 heavy (non-hydrogen) atoms. The maximum atomic E-state index is 13.8. The van der Waals surface area contributed by atoms with Crippen LogP contribution in [0, 0.1) is 13.8 Å². The molecule has 10 nitrogen and oxygen atoms in total. The highest BCUT2D eigenvalue weighted by Crippen LogP contribution is 2.30. The number of hydrogen-bond donors (Lipinski definition) is 3. The number of anilines is 1. The molecule has 5 aromatic rings. The van der Waals surface area contributed by atoms with Crippen molar-refractivity contribution in [2.75, 3.05) is 32.5 Å². The van der Waals surface area contributed by atoms with Crippen LogP contribution in [0.1, 0.15) is 34.2 Å². The Balaban J connectivity index is 1.57. The van der Waals surface area contributed by atoms with Crippen molar-refractivity contribution in [3.05, 3.63) is 65.4 Å². The van der Waals surface area contributed by atoms with Crippen LogP contribution in [-0.4, -0.2) is 67.7 Å². The Hall–Kier alpha value is -4.31. The summed E-state index contributed by atoms with van der Waals surface area (Å²) in [5, 5.41) is 11.7. The van der Waals surface area contributed by atoms with Gasteiger partial charge in [0, 0.05) is 55.4 Å².